The van der Waals surface area contributed by atoms with E-state index in [1.165, 1.54) is 44.1 Å². The fraction of sp³-hybridized carbons (Fsp3) is 0.647. The van der Waals surface area contributed by atoms with Crippen LogP contribution in [0.15, 0.2) is 18.2 Å². The van der Waals surface area contributed by atoms with E-state index in [1.807, 2.05) is 6.07 Å². The zero-order valence-electron chi connectivity index (χ0n) is 12.8. The summed E-state index contributed by atoms with van der Waals surface area (Å²) in [5.41, 5.74) is 1.26. The highest BCUT2D eigenvalue weighted by molar-refractivity contribution is 5.45. The van der Waals surface area contributed by atoms with Gasteiger partial charge in [0, 0.05) is 6.04 Å². The monoisotopic (exact) mass is 277 g/mol. The second-order valence-electron chi connectivity index (χ2n) is 5.56. The van der Waals surface area contributed by atoms with Crippen molar-refractivity contribution in [1.82, 2.24) is 5.32 Å². The number of fused-ring (bicyclic) bond motifs is 1. The molecular formula is C17H27NO2. The minimum absolute atomic E-state index is 0.346. The second kappa shape index (κ2) is 8.15. The highest BCUT2D eigenvalue weighted by atomic mass is 16.7. The highest BCUT2D eigenvalue weighted by Gasteiger charge is 2.15. The molecule has 1 atom stereocenters. The Hall–Kier alpha value is -1.22. The predicted octanol–water partition coefficient (Wildman–Crippen LogP) is 4.43. The third kappa shape index (κ3) is 4.41. The summed E-state index contributed by atoms with van der Waals surface area (Å²) in [7, 11) is 0. The molecule has 0 saturated heterocycles. The van der Waals surface area contributed by atoms with Gasteiger partial charge in [-0.25, -0.2) is 0 Å². The van der Waals surface area contributed by atoms with Crippen molar-refractivity contribution >= 4 is 0 Å². The molecule has 0 amide bonds. The number of hydrogen-bond acceptors (Lipinski definition) is 3. The van der Waals surface area contributed by atoms with Crippen LogP contribution in [0.5, 0.6) is 11.5 Å². The Kier molecular flexibility index (Phi) is 6.19. The van der Waals surface area contributed by atoms with Gasteiger partial charge in [0.2, 0.25) is 6.79 Å². The summed E-state index contributed by atoms with van der Waals surface area (Å²) >= 11 is 0. The molecule has 1 heterocycles. The standard InChI is InChI=1S/C17H27NO2/c1-3-4-5-6-7-8-11-18-14(2)15-9-10-16-17(12-15)20-13-19-16/h9-10,12,14,18H,3-8,11,13H2,1-2H3. The maximum Gasteiger partial charge on any atom is 0.231 e. The molecule has 1 N–H and O–H groups in total. The van der Waals surface area contributed by atoms with Crippen LogP contribution in [0.1, 0.15) is 64.0 Å². The molecule has 0 bridgehead atoms. The molecule has 3 heteroatoms. The molecule has 0 fully saturated rings. The summed E-state index contributed by atoms with van der Waals surface area (Å²) in [4.78, 5) is 0. The summed E-state index contributed by atoms with van der Waals surface area (Å²) < 4.78 is 10.8. The van der Waals surface area contributed by atoms with Crippen LogP contribution in [0.3, 0.4) is 0 Å². The SMILES string of the molecule is CCCCCCCCNC(C)c1ccc2c(c1)OCO2. The van der Waals surface area contributed by atoms with Crippen molar-refractivity contribution < 1.29 is 9.47 Å². The number of rotatable bonds is 9. The van der Waals surface area contributed by atoms with E-state index in [0.717, 1.165) is 18.0 Å². The first-order chi connectivity index (χ1) is 9.81. The molecule has 1 unspecified atom stereocenters. The average molecular weight is 277 g/mol. The first kappa shape index (κ1) is 15.2. The zero-order valence-corrected chi connectivity index (χ0v) is 12.8. The summed E-state index contributed by atoms with van der Waals surface area (Å²) in [6.45, 7) is 5.89. The minimum atomic E-state index is 0.346. The van der Waals surface area contributed by atoms with Crippen molar-refractivity contribution in [2.75, 3.05) is 13.3 Å². The molecule has 0 radical (unpaired) electrons. The van der Waals surface area contributed by atoms with Crippen LogP contribution in [-0.2, 0) is 0 Å². The number of ether oxygens (including phenoxy) is 2. The third-order valence-corrected chi connectivity index (χ3v) is 3.88. The van der Waals surface area contributed by atoms with Gasteiger partial charge < -0.3 is 14.8 Å². The van der Waals surface area contributed by atoms with Crippen LogP contribution in [-0.4, -0.2) is 13.3 Å². The van der Waals surface area contributed by atoms with E-state index >= 15 is 0 Å². The van der Waals surface area contributed by atoms with Crippen LogP contribution >= 0.6 is 0 Å². The van der Waals surface area contributed by atoms with E-state index in [9.17, 15) is 0 Å². The van der Waals surface area contributed by atoms with E-state index in [0.29, 0.717) is 12.8 Å². The summed E-state index contributed by atoms with van der Waals surface area (Å²) in [6.07, 6.45) is 8.04. The Morgan fingerprint density at radius 3 is 2.65 bits per heavy atom. The molecule has 0 spiro atoms. The molecule has 3 nitrogen and oxygen atoms in total. The van der Waals surface area contributed by atoms with Crippen molar-refractivity contribution in [3.63, 3.8) is 0 Å². The van der Waals surface area contributed by atoms with Gasteiger partial charge in [-0.2, -0.15) is 0 Å². The van der Waals surface area contributed by atoms with E-state index in [2.05, 4.69) is 31.3 Å². The Balaban J connectivity index is 1.66. The largest absolute Gasteiger partial charge is 0.454 e. The number of unbranched alkanes of at least 4 members (excludes halogenated alkanes) is 5. The lowest BCUT2D eigenvalue weighted by molar-refractivity contribution is 0.174. The van der Waals surface area contributed by atoms with Crippen LogP contribution < -0.4 is 14.8 Å². The van der Waals surface area contributed by atoms with E-state index in [1.54, 1.807) is 0 Å². The second-order valence-corrected chi connectivity index (χ2v) is 5.56. The van der Waals surface area contributed by atoms with Crippen molar-refractivity contribution in [2.24, 2.45) is 0 Å². The predicted molar refractivity (Wildman–Crippen MR) is 82.4 cm³/mol. The average Bonchev–Trinajstić information content (AvgIpc) is 2.93. The van der Waals surface area contributed by atoms with Crippen molar-refractivity contribution in [3.8, 4) is 11.5 Å². The lowest BCUT2D eigenvalue weighted by Gasteiger charge is -2.14. The van der Waals surface area contributed by atoms with Crippen LogP contribution in [0.4, 0.5) is 0 Å². The van der Waals surface area contributed by atoms with Crippen LogP contribution in [0.25, 0.3) is 0 Å². The van der Waals surface area contributed by atoms with E-state index < -0.39 is 0 Å². The van der Waals surface area contributed by atoms with Gasteiger partial charge in [-0.15, -0.1) is 0 Å². The molecule has 1 aliphatic heterocycles. The van der Waals surface area contributed by atoms with E-state index in [-0.39, 0.29) is 0 Å². The van der Waals surface area contributed by atoms with E-state index in [4.69, 9.17) is 9.47 Å². The maximum absolute atomic E-state index is 5.42. The summed E-state index contributed by atoms with van der Waals surface area (Å²) in [6, 6.07) is 6.56. The molecule has 1 aliphatic rings. The Morgan fingerprint density at radius 1 is 1.05 bits per heavy atom. The molecular weight excluding hydrogens is 250 g/mol. The van der Waals surface area contributed by atoms with Crippen LogP contribution in [0, 0.1) is 0 Å². The molecule has 1 aromatic carbocycles. The number of benzene rings is 1. The topological polar surface area (TPSA) is 30.5 Å². The summed E-state index contributed by atoms with van der Waals surface area (Å²) in [5.74, 6) is 1.73. The van der Waals surface area contributed by atoms with Crippen molar-refractivity contribution in [2.45, 2.75) is 58.4 Å². The lowest BCUT2D eigenvalue weighted by Crippen LogP contribution is -2.19. The first-order valence-corrected chi connectivity index (χ1v) is 7.94. The lowest BCUT2D eigenvalue weighted by atomic mass is 10.1. The van der Waals surface area contributed by atoms with Gasteiger partial charge >= 0.3 is 0 Å². The maximum atomic E-state index is 5.42. The normalized spacial score (nSPS) is 14.5. The van der Waals surface area contributed by atoms with Crippen LogP contribution in [0.2, 0.25) is 0 Å². The Morgan fingerprint density at radius 2 is 1.80 bits per heavy atom. The van der Waals surface area contributed by atoms with Gasteiger partial charge in [0.1, 0.15) is 0 Å². The van der Waals surface area contributed by atoms with Gasteiger partial charge in [-0.05, 0) is 37.6 Å². The van der Waals surface area contributed by atoms with Crippen molar-refractivity contribution in [1.29, 1.82) is 0 Å². The number of hydrogen-bond donors (Lipinski definition) is 1. The fourth-order valence-electron chi connectivity index (χ4n) is 2.52. The molecule has 0 saturated carbocycles. The van der Waals surface area contributed by atoms with Crippen molar-refractivity contribution in [3.05, 3.63) is 23.8 Å². The minimum Gasteiger partial charge on any atom is -0.454 e. The fourth-order valence-corrected chi connectivity index (χ4v) is 2.52. The van der Waals surface area contributed by atoms with Gasteiger partial charge in [0.25, 0.3) is 0 Å². The quantitative estimate of drug-likeness (QED) is 0.677. The molecule has 0 aliphatic carbocycles. The third-order valence-electron chi connectivity index (χ3n) is 3.88. The van der Waals surface area contributed by atoms with Gasteiger partial charge in [-0.1, -0.05) is 45.1 Å². The molecule has 20 heavy (non-hydrogen) atoms. The first-order valence-electron chi connectivity index (χ1n) is 7.94. The zero-order chi connectivity index (χ0) is 14.2. The Labute approximate surface area is 122 Å². The van der Waals surface area contributed by atoms with Gasteiger partial charge in [0.05, 0.1) is 0 Å². The molecule has 112 valence electrons. The van der Waals surface area contributed by atoms with Gasteiger partial charge in [-0.3, -0.25) is 0 Å². The Bertz CT molecular complexity index is 406. The number of nitrogens with one attached hydrogen (secondary N) is 1. The molecule has 0 aromatic heterocycles. The smallest absolute Gasteiger partial charge is 0.231 e. The van der Waals surface area contributed by atoms with Gasteiger partial charge in [0.15, 0.2) is 11.5 Å². The molecule has 2 rings (SSSR count). The highest BCUT2D eigenvalue weighted by Crippen LogP contribution is 2.34. The molecule has 1 aromatic rings. The summed E-state index contributed by atoms with van der Waals surface area (Å²) in [5, 5.41) is 3.58.